The second-order valence-electron chi connectivity index (χ2n) is 8.61. The molecular formula is C32H21N. The van der Waals surface area contributed by atoms with Crippen LogP contribution in [0.1, 0.15) is 0 Å². The SMILES string of the molecule is c1ccc(-n2c3ccccc3c3ccc4cc(-c5cccc6ccccc56)ccc4c32)cc1. The molecule has 0 amide bonds. The van der Waals surface area contributed by atoms with Gasteiger partial charge in [-0.05, 0) is 51.6 Å². The highest BCUT2D eigenvalue weighted by Crippen LogP contribution is 2.38. The molecule has 0 aliphatic heterocycles. The molecule has 0 saturated carbocycles. The van der Waals surface area contributed by atoms with Crippen molar-refractivity contribution < 1.29 is 0 Å². The molecule has 1 nitrogen and oxygen atoms in total. The molecular weight excluding hydrogens is 398 g/mol. The predicted octanol–water partition coefficient (Wildman–Crippen LogP) is 8.76. The zero-order chi connectivity index (χ0) is 21.8. The summed E-state index contributed by atoms with van der Waals surface area (Å²) in [6, 6.07) is 46.0. The molecule has 7 rings (SSSR count). The van der Waals surface area contributed by atoms with Crippen LogP contribution >= 0.6 is 0 Å². The summed E-state index contributed by atoms with van der Waals surface area (Å²) in [5, 5.41) is 7.68. The van der Waals surface area contributed by atoms with Gasteiger partial charge in [0.05, 0.1) is 11.0 Å². The van der Waals surface area contributed by atoms with Crippen LogP contribution in [0.15, 0.2) is 127 Å². The highest BCUT2D eigenvalue weighted by Gasteiger charge is 2.15. The number of aromatic nitrogens is 1. The van der Waals surface area contributed by atoms with Crippen LogP contribution in [0.2, 0.25) is 0 Å². The monoisotopic (exact) mass is 419 g/mol. The van der Waals surface area contributed by atoms with Crippen molar-refractivity contribution in [2.45, 2.75) is 0 Å². The quantitative estimate of drug-likeness (QED) is 0.264. The Morgan fingerprint density at radius 1 is 0.424 bits per heavy atom. The van der Waals surface area contributed by atoms with Crippen molar-refractivity contribution in [2.24, 2.45) is 0 Å². The smallest absolute Gasteiger partial charge is 0.0619 e. The van der Waals surface area contributed by atoms with Crippen LogP contribution in [0.4, 0.5) is 0 Å². The van der Waals surface area contributed by atoms with Gasteiger partial charge >= 0.3 is 0 Å². The van der Waals surface area contributed by atoms with Crippen LogP contribution in [0.3, 0.4) is 0 Å². The maximum atomic E-state index is 2.41. The molecule has 0 aliphatic carbocycles. The molecule has 0 bridgehead atoms. The highest BCUT2D eigenvalue weighted by molar-refractivity contribution is 6.19. The van der Waals surface area contributed by atoms with Crippen molar-refractivity contribution in [2.75, 3.05) is 0 Å². The van der Waals surface area contributed by atoms with E-state index in [0.29, 0.717) is 0 Å². The van der Waals surface area contributed by atoms with Crippen molar-refractivity contribution >= 4 is 43.4 Å². The van der Waals surface area contributed by atoms with E-state index in [9.17, 15) is 0 Å². The van der Waals surface area contributed by atoms with Gasteiger partial charge in [-0.15, -0.1) is 0 Å². The molecule has 33 heavy (non-hydrogen) atoms. The summed E-state index contributed by atoms with van der Waals surface area (Å²) >= 11 is 0. The number of hydrogen-bond donors (Lipinski definition) is 0. The third-order valence-electron chi connectivity index (χ3n) is 6.77. The first-order valence-corrected chi connectivity index (χ1v) is 11.4. The Morgan fingerprint density at radius 2 is 1.15 bits per heavy atom. The van der Waals surface area contributed by atoms with Gasteiger partial charge in [-0.1, -0.05) is 103 Å². The predicted molar refractivity (Wildman–Crippen MR) is 141 cm³/mol. The molecule has 0 N–H and O–H groups in total. The Balaban J connectivity index is 1.56. The van der Waals surface area contributed by atoms with Gasteiger partial charge < -0.3 is 4.57 Å². The normalized spacial score (nSPS) is 11.6. The number of para-hydroxylation sites is 2. The van der Waals surface area contributed by atoms with Crippen LogP contribution in [0.25, 0.3) is 60.2 Å². The Bertz CT molecular complexity index is 1800. The molecule has 0 saturated heterocycles. The summed E-state index contributed by atoms with van der Waals surface area (Å²) in [5.74, 6) is 0. The molecule has 6 aromatic carbocycles. The average Bonchev–Trinajstić information content (AvgIpc) is 3.23. The Labute approximate surface area is 192 Å². The second kappa shape index (κ2) is 7.08. The second-order valence-corrected chi connectivity index (χ2v) is 8.61. The van der Waals surface area contributed by atoms with E-state index in [-0.39, 0.29) is 0 Å². The number of rotatable bonds is 2. The molecule has 1 aromatic heterocycles. The van der Waals surface area contributed by atoms with E-state index >= 15 is 0 Å². The Morgan fingerprint density at radius 3 is 2.06 bits per heavy atom. The molecule has 7 aromatic rings. The topological polar surface area (TPSA) is 4.93 Å². The fourth-order valence-electron chi connectivity index (χ4n) is 5.28. The first kappa shape index (κ1) is 18.2. The fourth-order valence-corrected chi connectivity index (χ4v) is 5.28. The first-order valence-electron chi connectivity index (χ1n) is 11.4. The summed E-state index contributed by atoms with van der Waals surface area (Å²) in [7, 11) is 0. The molecule has 154 valence electrons. The van der Waals surface area contributed by atoms with Gasteiger partial charge in [0.2, 0.25) is 0 Å². The zero-order valence-electron chi connectivity index (χ0n) is 18.1. The number of hydrogen-bond acceptors (Lipinski definition) is 0. The van der Waals surface area contributed by atoms with E-state index in [1.807, 2.05) is 0 Å². The molecule has 0 aliphatic rings. The lowest BCUT2D eigenvalue weighted by Crippen LogP contribution is -1.94. The Hall–Kier alpha value is -4.36. The summed E-state index contributed by atoms with van der Waals surface area (Å²) in [5.41, 5.74) is 6.22. The minimum Gasteiger partial charge on any atom is -0.309 e. The summed E-state index contributed by atoms with van der Waals surface area (Å²) in [4.78, 5) is 0. The van der Waals surface area contributed by atoms with Gasteiger partial charge in [-0.3, -0.25) is 0 Å². The third kappa shape index (κ3) is 2.73. The van der Waals surface area contributed by atoms with Crippen molar-refractivity contribution in [3.63, 3.8) is 0 Å². The lowest BCUT2D eigenvalue weighted by Gasteiger charge is -2.12. The van der Waals surface area contributed by atoms with E-state index < -0.39 is 0 Å². The standard InChI is InChI=1S/C32H21N/c1-2-11-25(12-3-1)33-31-16-7-6-14-29(31)30-20-18-24-21-23(17-19-28(24)32(30)33)27-15-8-10-22-9-4-5-13-26(22)27/h1-21H. The van der Waals surface area contributed by atoms with Gasteiger partial charge in [0.15, 0.2) is 0 Å². The molecule has 1 heteroatoms. The molecule has 0 radical (unpaired) electrons. The summed E-state index contributed by atoms with van der Waals surface area (Å²) in [6.45, 7) is 0. The maximum absolute atomic E-state index is 2.41. The van der Waals surface area contributed by atoms with Crippen LogP contribution < -0.4 is 0 Å². The van der Waals surface area contributed by atoms with Crippen LogP contribution in [0, 0.1) is 0 Å². The largest absolute Gasteiger partial charge is 0.309 e. The van der Waals surface area contributed by atoms with E-state index in [1.54, 1.807) is 0 Å². The van der Waals surface area contributed by atoms with Gasteiger partial charge in [-0.25, -0.2) is 0 Å². The molecule has 0 atom stereocenters. The van der Waals surface area contributed by atoms with E-state index in [0.717, 1.165) is 0 Å². The maximum Gasteiger partial charge on any atom is 0.0619 e. The minimum atomic E-state index is 1.19. The summed E-state index contributed by atoms with van der Waals surface area (Å²) < 4.78 is 2.41. The lowest BCUT2D eigenvalue weighted by atomic mass is 9.95. The Kier molecular flexibility index (Phi) is 3.91. The molecule has 0 unspecified atom stereocenters. The van der Waals surface area contributed by atoms with E-state index in [4.69, 9.17) is 0 Å². The van der Waals surface area contributed by atoms with E-state index in [2.05, 4.69) is 132 Å². The molecule has 1 heterocycles. The van der Waals surface area contributed by atoms with Crippen LogP contribution in [-0.4, -0.2) is 4.57 Å². The van der Waals surface area contributed by atoms with E-state index in [1.165, 1.54) is 60.2 Å². The van der Waals surface area contributed by atoms with Gasteiger partial charge in [0.1, 0.15) is 0 Å². The number of fused-ring (bicyclic) bond motifs is 6. The van der Waals surface area contributed by atoms with Crippen molar-refractivity contribution in [1.82, 2.24) is 4.57 Å². The molecule has 0 fully saturated rings. The minimum absolute atomic E-state index is 1.19. The van der Waals surface area contributed by atoms with Crippen molar-refractivity contribution in [3.8, 4) is 16.8 Å². The van der Waals surface area contributed by atoms with Crippen molar-refractivity contribution in [3.05, 3.63) is 127 Å². The summed E-state index contributed by atoms with van der Waals surface area (Å²) in [6.07, 6.45) is 0. The van der Waals surface area contributed by atoms with Gasteiger partial charge in [0.25, 0.3) is 0 Å². The fraction of sp³-hybridized carbons (Fsp3) is 0. The third-order valence-corrected chi connectivity index (χ3v) is 6.77. The van der Waals surface area contributed by atoms with Crippen LogP contribution in [-0.2, 0) is 0 Å². The zero-order valence-corrected chi connectivity index (χ0v) is 18.1. The van der Waals surface area contributed by atoms with Crippen molar-refractivity contribution in [1.29, 1.82) is 0 Å². The lowest BCUT2D eigenvalue weighted by molar-refractivity contribution is 1.19. The van der Waals surface area contributed by atoms with Crippen LogP contribution in [0.5, 0.6) is 0 Å². The van der Waals surface area contributed by atoms with Gasteiger partial charge in [0, 0.05) is 21.8 Å². The molecule has 0 spiro atoms. The number of nitrogens with zero attached hydrogens (tertiary/aromatic N) is 1. The van der Waals surface area contributed by atoms with Gasteiger partial charge in [-0.2, -0.15) is 0 Å². The highest BCUT2D eigenvalue weighted by atomic mass is 15.0. The first-order chi connectivity index (χ1) is 16.4. The average molecular weight is 420 g/mol. The number of benzene rings is 6.